The summed E-state index contributed by atoms with van der Waals surface area (Å²) >= 11 is 1.40. The standard InChI is InChI=1S/C22H23F3N4O2S/c1-13-8-15(10-16(9-13)28-20-26-7-4-18(29-20)22(23,24)25)17-11-27-19(32-17)21(31)5-2-14(12-30)3-6-21/h4,7-11,14,30-31H,2-3,5-6,12H2,1H3,(H,26,28,29)/t14-,21-. The summed E-state index contributed by atoms with van der Waals surface area (Å²) in [5, 5.41) is 23.9. The van der Waals surface area contributed by atoms with Crippen LogP contribution in [0.1, 0.15) is 41.9 Å². The van der Waals surface area contributed by atoms with Gasteiger partial charge in [0.2, 0.25) is 5.95 Å². The highest BCUT2D eigenvalue weighted by atomic mass is 32.1. The third-order valence-electron chi connectivity index (χ3n) is 5.66. The predicted molar refractivity (Wildman–Crippen MR) is 116 cm³/mol. The second kappa shape index (κ2) is 8.76. The summed E-state index contributed by atoms with van der Waals surface area (Å²) in [5.74, 6) is 0.0782. The number of aromatic nitrogens is 3. The molecule has 1 aliphatic carbocycles. The van der Waals surface area contributed by atoms with E-state index in [2.05, 4.69) is 20.3 Å². The van der Waals surface area contributed by atoms with Gasteiger partial charge in [-0.25, -0.2) is 15.0 Å². The fraction of sp³-hybridized carbons (Fsp3) is 0.409. The van der Waals surface area contributed by atoms with Crippen molar-refractivity contribution in [2.45, 2.75) is 44.4 Å². The molecule has 0 spiro atoms. The van der Waals surface area contributed by atoms with E-state index >= 15 is 0 Å². The number of thiazole rings is 1. The number of aryl methyl sites for hydroxylation is 1. The second-order valence-corrected chi connectivity index (χ2v) is 9.19. The van der Waals surface area contributed by atoms with Crippen molar-refractivity contribution < 1.29 is 23.4 Å². The Morgan fingerprint density at radius 2 is 1.94 bits per heavy atom. The number of nitrogens with zero attached hydrogens (tertiary/aromatic N) is 3. The van der Waals surface area contributed by atoms with E-state index in [9.17, 15) is 23.4 Å². The lowest BCUT2D eigenvalue weighted by molar-refractivity contribution is -0.141. The lowest BCUT2D eigenvalue weighted by Gasteiger charge is -2.33. The smallest absolute Gasteiger partial charge is 0.396 e. The first-order valence-corrected chi connectivity index (χ1v) is 11.1. The molecule has 1 fully saturated rings. The fourth-order valence-electron chi connectivity index (χ4n) is 3.88. The van der Waals surface area contributed by atoms with E-state index in [-0.39, 0.29) is 18.5 Å². The number of nitrogens with one attached hydrogen (secondary N) is 1. The van der Waals surface area contributed by atoms with Crippen molar-refractivity contribution in [3.05, 3.63) is 52.9 Å². The zero-order valence-corrected chi connectivity index (χ0v) is 18.2. The van der Waals surface area contributed by atoms with E-state index in [1.54, 1.807) is 18.3 Å². The van der Waals surface area contributed by atoms with E-state index < -0.39 is 17.5 Å². The van der Waals surface area contributed by atoms with Gasteiger partial charge in [0.1, 0.15) is 16.3 Å². The number of hydrogen-bond donors (Lipinski definition) is 3. The Hall–Kier alpha value is -2.56. The summed E-state index contributed by atoms with van der Waals surface area (Å²) in [7, 11) is 0. The molecule has 10 heteroatoms. The molecule has 4 rings (SSSR count). The van der Waals surface area contributed by atoms with E-state index in [4.69, 9.17) is 0 Å². The molecule has 0 unspecified atom stereocenters. The number of benzene rings is 1. The van der Waals surface area contributed by atoms with Gasteiger partial charge in [0.15, 0.2) is 0 Å². The van der Waals surface area contributed by atoms with Crippen LogP contribution in [0.5, 0.6) is 0 Å². The van der Waals surface area contributed by atoms with Gasteiger partial charge in [0, 0.05) is 24.7 Å². The number of halogens is 3. The molecular weight excluding hydrogens is 441 g/mol. The first-order valence-electron chi connectivity index (χ1n) is 10.3. The van der Waals surface area contributed by atoms with Gasteiger partial charge in [-0.05, 0) is 67.9 Å². The molecule has 1 aromatic carbocycles. The lowest BCUT2D eigenvalue weighted by atomic mass is 9.79. The minimum absolute atomic E-state index is 0.133. The summed E-state index contributed by atoms with van der Waals surface area (Å²) in [4.78, 5) is 12.7. The number of aliphatic hydroxyl groups is 2. The van der Waals surface area contributed by atoms with E-state index in [0.29, 0.717) is 23.5 Å². The van der Waals surface area contributed by atoms with Gasteiger partial charge >= 0.3 is 6.18 Å². The molecule has 32 heavy (non-hydrogen) atoms. The van der Waals surface area contributed by atoms with Crippen LogP contribution in [-0.4, -0.2) is 31.8 Å². The Bertz CT molecular complexity index is 1090. The zero-order chi connectivity index (χ0) is 22.9. The van der Waals surface area contributed by atoms with Gasteiger partial charge in [-0.15, -0.1) is 11.3 Å². The van der Waals surface area contributed by atoms with Gasteiger partial charge in [-0.2, -0.15) is 13.2 Å². The molecule has 6 nitrogen and oxygen atoms in total. The summed E-state index contributed by atoms with van der Waals surface area (Å²) in [6.45, 7) is 2.02. The Balaban J connectivity index is 1.56. The van der Waals surface area contributed by atoms with Crippen LogP contribution in [0.25, 0.3) is 10.4 Å². The van der Waals surface area contributed by atoms with Crippen LogP contribution >= 0.6 is 11.3 Å². The van der Waals surface area contributed by atoms with Gasteiger partial charge in [-0.1, -0.05) is 6.07 Å². The molecule has 2 aromatic heterocycles. The quantitative estimate of drug-likeness (QED) is 0.490. The number of hydrogen-bond acceptors (Lipinski definition) is 7. The van der Waals surface area contributed by atoms with Crippen LogP contribution in [-0.2, 0) is 11.8 Å². The van der Waals surface area contributed by atoms with Crippen LogP contribution in [0.15, 0.2) is 36.7 Å². The predicted octanol–water partition coefficient (Wildman–Crippen LogP) is 5.04. The number of alkyl halides is 3. The van der Waals surface area contributed by atoms with Crippen molar-refractivity contribution in [1.29, 1.82) is 0 Å². The van der Waals surface area contributed by atoms with Crippen molar-refractivity contribution in [3.63, 3.8) is 0 Å². The maximum Gasteiger partial charge on any atom is 0.433 e. The maximum atomic E-state index is 12.9. The zero-order valence-electron chi connectivity index (χ0n) is 17.4. The first kappa shape index (κ1) is 22.6. The summed E-state index contributed by atoms with van der Waals surface area (Å²) in [6, 6.07) is 6.35. The Morgan fingerprint density at radius 3 is 2.62 bits per heavy atom. The molecule has 0 radical (unpaired) electrons. The van der Waals surface area contributed by atoms with Gasteiger partial charge in [0.25, 0.3) is 0 Å². The topological polar surface area (TPSA) is 91.2 Å². The van der Waals surface area contributed by atoms with Crippen molar-refractivity contribution in [3.8, 4) is 10.4 Å². The van der Waals surface area contributed by atoms with Crippen LogP contribution < -0.4 is 5.32 Å². The molecule has 3 N–H and O–H groups in total. The van der Waals surface area contributed by atoms with E-state index in [1.165, 1.54) is 11.3 Å². The largest absolute Gasteiger partial charge is 0.433 e. The average molecular weight is 465 g/mol. The second-order valence-electron chi connectivity index (χ2n) is 8.16. The third kappa shape index (κ3) is 4.92. The van der Waals surface area contributed by atoms with E-state index in [1.807, 2.05) is 13.0 Å². The Kier molecular flexibility index (Phi) is 6.19. The number of aliphatic hydroxyl groups excluding tert-OH is 1. The summed E-state index contributed by atoms with van der Waals surface area (Å²) in [6.07, 6.45) is 0.824. The summed E-state index contributed by atoms with van der Waals surface area (Å²) < 4.78 is 38.8. The molecular formula is C22H23F3N4O2S. The molecule has 3 aromatic rings. The SMILES string of the molecule is Cc1cc(Nc2nccc(C(F)(F)F)n2)cc(-c2cnc([C@]3(O)CC[C@H](CO)CC3)s2)c1. The summed E-state index contributed by atoms with van der Waals surface area (Å²) in [5.41, 5.74) is 0.270. The lowest BCUT2D eigenvalue weighted by Crippen LogP contribution is -2.32. The minimum Gasteiger partial charge on any atom is -0.396 e. The van der Waals surface area contributed by atoms with Crippen molar-refractivity contribution in [2.24, 2.45) is 5.92 Å². The van der Waals surface area contributed by atoms with Crippen LogP contribution in [0.3, 0.4) is 0 Å². The molecule has 0 saturated heterocycles. The highest BCUT2D eigenvalue weighted by molar-refractivity contribution is 7.15. The molecule has 1 aliphatic rings. The van der Waals surface area contributed by atoms with Crippen LogP contribution in [0.4, 0.5) is 24.8 Å². The van der Waals surface area contributed by atoms with E-state index in [0.717, 1.165) is 41.1 Å². The monoisotopic (exact) mass is 464 g/mol. The molecule has 0 aliphatic heterocycles. The first-order chi connectivity index (χ1) is 15.2. The Labute approximate surface area is 187 Å². The highest BCUT2D eigenvalue weighted by Gasteiger charge is 2.37. The maximum absolute atomic E-state index is 12.9. The molecule has 170 valence electrons. The Morgan fingerprint density at radius 1 is 1.19 bits per heavy atom. The third-order valence-corrected chi connectivity index (χ3v) is 6.90. The molecule has 0 atom stereocenters. The molecule has 1 saturated carbocycles. The van der Waals surface area contributed by atoms with Crippen molar-refractivity contribution in [2.75, 3.05) is 11.9 Å². The normalized spacial score (nSPS) is 21.5. The van der Waals surface area contributed by atoms with Gasteiger partial charge in [0.05, 0.1) is 4.88 Å². The van der Waals surface area contributed by atoms with Crippen molar-refractivity contribution >= 4 is 23.0 Å². The fourth-order valence-corrected chi connectivity index (χ4v) is 4.93. The average Bonchev–Trinajstić information content (AvgIpc) is 3.25. The number of anilines is 2. The highest BCUT2D eigenvalue weighted by Crippen LogP contribution is 2.42. The van der Waals surface area contributed by atoms with Crippen LogP contribution in [0, 0.1) is 12.8 Å². The number of rotatable bonds is 5. The minimum atomic E-state index is -4.55. The molecule has 2 heterocycles. The molecule has 0 amide bonds. The van der Waals surface area contributed by atoms with Gasteiger partial charge < -0.3 is 15.5 Å². The van der Waals surface area contributed by atoms with Crippen LogP contribution in [0.2, 0.25) is 0 Å². The van der Waals surface area contributed by atoms with Gasteiger partial charge in [-0.3, -0.25) is 0 Å². The molecule has 0 bridgehead atoms. The van der Waals surface area contributed by atoms with Crippen molar-refractivity contribution in [1.82, 2.24) is 15.0 Å².